The van der Waals surface area contributed by atoms with Crippen LogP contribution >= 0.6 is 0 Å². The number of benzene rings is 1. The van der Waals surface area contributed by atoms with Crippen LogP contribution in [-0.4, -0.2) is 59.9 Å². The first-order valence-corrected chi connectivity index (χ1v) is 9.85. The van der Waals surface area contributed by atoms with Crippen molar-refractivity contribution in [2.45, 2.75) is 26.9 Å². The first-order valence-electron chi connectivity index (χ1n) is 9.85. The predicted molar refractivity (Wildman–Crippen MR) is 110 cm³/mol. The van der Waals surface area contributed by atoms with Crippen LogP contribution in [0.1, 0.15) is 28.8 Å². The lowest BCUT2D eigenvalue weighted by atomic mass is 10.2. The highest BCUT2D eigenvalue weighted by Gasteiger charge is 2.27. The van der Waals surface area contributed by atoms with Gasteiger partial charge in [0.1, 0.15) is 17.3 Å². The van der Waals surface area contributed by atoms with Crippen LogP contribution in [0.15, 0.2) is 28.7 Å². The van der Waals surface area contributed by atoms with Gasteiger partial charge in [-0.2, -0.15) is 0 Å². The van der Waals surface area contributed by atoms with Crippen LogP contribution in [0.5, 0.6) is 5.75 Å². The summed E-state index contributed by atoms with van der Waals surface area (Å²) in [6.07, 6.45) is -0.549. The number of urea groups is 1. The monoisotopic (exact) mass is 412 g/mol. The van der Waals surface area contributed by atoms with Gasteiger partial charge in [-0.25, -0.2) is 4.79 Å². The first-order chi connectivity index (χ1) is 14.3. The SMILES string of the molecule is Cc1cc(C(=O)N2CCN(C(=O)Nc3ccc4c(c3)NC(=O)[C@H](C)O4)CC2)c(C)o1. The highest BCUT2D eigenvalue weighted by atomic mass is 16.5. The molecule has 1 fully saturated rings. The fraction of sp³-hybridized carbons (Fsp3) is 0.381. The number of ether oxygens (including phenoxy) is 1. The molecule has 1 aromatic heterocycles. The molecule has 0 aliphatic carbocycles. The quantitative estimate of drug-likeness (QED) is 0.789. The third-order valence-corrected chi connectivity index (χ3v) is 5.29. The van der Waals surface area contributed by atoms with Gasteiger partial charge in [-0.1, -0.05) is 0 Å². The Morgan fingerprint density at radius 2 is 1.80 bits per heavy atom. The maximum absolute atomic E-state index is 12.7. The van der Waals surface area contributed by atoms with Crippen molar-refractivity contribution in [3.8, 4) is 5.75 Å². The minimum absolute atomic E-state index is 0.0796. The Bertz CT molecular complexity index is 1010. The standard InChI is InChI=1S/C21H24N4O5/c1-12-10-16(13(2)29-12)20(27)24-6-8-25(9-7-24)21(28)22-15-4-5-18-17(11-15)23-19(26)14(3)30-18/h4-5,10-11,14H,6-9H2,1-3H3,(H,22,28)(H,23,26)/t14-/m0/s1. The van der Waals surface area contributed by atoms with Gasteiger partial charge < -0.3 is 29.6 Å². The number of nitrogens with zero attached hydrogens (tertiary/aromatic N) is 2. The molecular formula is C21H24N4O5. The second kappa shape index (κ2) is 7.74. The summed E-state index contributed by atoms with van der Waals surface area (Å²) in [5.74, 6) is 1.57. The number of anilines is 2. The average molecular weight is 412 g/mol. The molecule has 158 valence electrons. The topological polar surface area (TPSA) is 104 Å². The summed E-state index contributed by atoms with van der Waals surface area (Å²) in [7, 11) is 0. The molecule has 9 nitrogen and oxygen atoms in total. The number of hydrogen-bond acceptors (Lipinski definition) is 5. The third kappa shape index (κ3) is 3.83. The lowest BCUT2D eigenvalue weighted by molar-refractivity contribution is -0.122. The van der Waals surface area contributed by atoms with E-state index in [1.807, 2.05) is 6.92 Å². The summed E-state index contributed by atoms with van der Waals surface area (Å²) in [4.78, 5) is 40.5. The molecule has 0 bridgehead atoms. The molecule has 30 heavy (non-hydrogen) atoms. The summed E-state index contributed by atoms with van der Waals surface area (Å²) in [6.45, 7) is 7.00. The van der Waals surface area contributed by atoms with Crippen LogP contribution in [0.25, 0.3) is 0 Å². The minimum atomic E-state index is -0.549. The van der Waals surface area contributed by atoms with Gasteiger partial charge in [0, 0.05) is 31.9 Å². The highest BCUT2D eigenvalue weighted by molar-refractivity contribution is 5.99. The smallest absolute Gasteiger partial charge is 0.321 e. The minimum Gasteiger partial charge on any atom is -0.479 e. The van der Waals surface area contributed by atoms with Crippen molar-refractivity contribution in [3.63, 3.8) is 0 Å². The number of fused-ring (bicyclic) bond motifs is 1. The Kier molecular flexibility index (Phi) is 5.11. The van der Waals surface area contributed by atoms with E-state index in [0.717, 1.165) is 0 Å². The van der Waals surface area contributed by atoms with Crippen LogP contribution in [0.4, 0.5) is 16.2 Å². The van der Waals surface area contributed by atoms with Crippen molar-refractivity contribution in [3.05, 3.63) is 41.3 Å². The lowest BCUT2D eigenvalue weighted by Crippen LogP contribution is -2.51. The summed E-state index contributed by atoms with van der Waals surface area (Å²) >= 11 is 0. The molecule has 1 atom stereocenters. The number of aryl methyl sites for hydroxylation is 2. The zero-order valence-electron chi connectivity index (χ0n) is 17.2. The van der Waals surface area contributed by atoms with Gasteiger partial charge in [0.2, 0.25) is 0 Å². The molecule has 0 radical (unpaired) electrons. The van der Waals surface area contributed by atoms with Crippen LogP contribution in [0.2, 0.25) is 0 Å². The van der Waals surface area contributed by atoms with Gasteiger partial charge in [0.15, 0.2) is 6.10 Å². The molecule has 3 heterocycles. The number of rotatable bonds is 2. The van der Waals surface area contributed by atoms with E-state index in [2.05, 4.69) is 10.6 Å². The molecule has 9 heteroatoms. The number of piperazine rings is 1. The molecule has 2 aliphatic heterocycles. The van der Waals surface area contributed by atoms with Crippen molar-refractivity contribution in [1.29, 1.82) is 0 Å². The Morgan fingerprint density at radius 3 is 2.47 bits per heavy atom. The molecule has 2 N–H and O–H groups in total. The molecule has 0 spiro atoms. The Balaban J connectivity index is 1.35. The van der Waals surface area contributed by atoms with Crippen molar-refractivity contribution in [2.75, 3.05) is 36.8 Å². The van der Waals surface area contributed by atoms with Crippen LogP contribution in [-0.2, 0) is 4.79 Å². The van der Waals surface area contributed by atoms with Crippen LogP contribution in [0.3, 0.4) is 0 Å². The van der Waals surface area contributed by atoms with E-state index in [9.17, 15) is 14.4 Å². The van der Waals surface area contributed by atoms with Gasteiger partial charge in [-0.05, 0) is 45.0 Å². The van der Waals surface area contributed by atoms with E-state index in [1.54, 1.807) is 47.9 Å². The summed E-state index contributed by atoms with van der Waals surface area (Å²) in [5, 5.41) is 5.60. The van der Waals surface area contributed by atoms with Gasteiger partial charge >= 0.3 is 6.03 Å². The van der Waals surface area contributed by atoms with E-state index in [0.29, 0.717) is 60.4 Å². The third-order valence-electron chi connectivity index (χ3n) is 5.29. The number of carbonyl (C=O) groups is 3. The van der Waals surface area contributed by atoms with Gasteiger partial charge in [-0.15, -0.1) is 0 Å². The Morgan fingerprint density at radius 1 is 1.10 bits per heavy atom. The van der Waals surface area contributed by atoms with Gasteiger partial charge in [-0.3, -0.25) is 9.59 Å². The number of amides is 4. The molecule has 0 unspecified atom stereocenters. The molecular weight excluding hydrogens is 388 g/mol. The Labute approximate surface area is 174 Å². The highest BCUT2D eigenvalue weighted by Crippen LogP contribution is 2.32. The first kappa shape index (κ1) is 19.8. The van der Waals surface area contributed by atoms with E-state index in [1.165, 1.54) is 0 Å². The van der Waals surface area contributed by atoms with Crippen molar-refractivity contribution in [2.24, 2.45) is 0 Å². The summed E-state index contributed by atoms with van der Waals surface area (Å²) < 4.78 is 11.0. The van der Waals surface area contributed by atoms with Gasteiger partial charge in [0.05, 0.1) is 11.3 Å². The molecule has 0 saturated carbocycles. The van der Waals surface area contributed by atoms with Crippen molar-refractivity contribution in [1.82, 2.24) is 9.80 Å². The number of carbonyl (C=O) groups excluding carboxylic acids is 3. The largest absolute Gasteiger partial charge is 0.479 e. The lowest BCUT2D eigenvalue weighted by Gasteiger charge is -2.34. The predicted octanol–water partition coefficient (Wildman–Crippen LogP) is 2.61. The fourth-order valence-electron chi connectivity index (χ4n) is 3.62. The Hall–Kier alpha value is -3.49. The van der Waals surface area contributed by atoms with Crippen LogP contribution < -0.4 is 15.4 Å². The number of furan rings is 1. The normalized spacial score (nSPS) is 18.4. The second-order valence-corrected chi connectivity index (χ2v) is 7.50. The second-order valence-electron chi connectivity index (χ2n) is 7.50. The maximum Gasteiger partial charge on any atom is 0.321 e. The maximum atomic E-state index is 12.7. The molecule has 4 amide bonds. The molecule has 4 rings (SSSR count). The van der Waals surface area contributed by atoms with Crippen LogP contribution in [0, 0.1) is 13.8 Å². The van der Waals surface area contributed by atoms with Gasteiger partial charge in [0.25, 0.3) is 11.8 Å². The fourth-order valence-corrected chi connectivity index (χ4v) is 3.62. The number of nitrogens with one attached hydrogen (secondary N) is 2. The zero-order chi connectivity index (χ0) is 21.4. The van der Waals surface area contributed by atoms with E-state index < -0.39 is 6.10 Å². The van der Waals surface area contributed by atoms with Crippen molar-refractivity contribution >= 4 is 29.2 Å². The average Bonchev–Trinajstić information content (AvgIpc) is 3.06. The van der Waals surface area contributed by atoms with Crippen molar-refractivity contribution < 1.29 is 23.5 Å². The molecule has 1 saturated heterocycles. The van der Waals surface area contributed by atoms with E-state index in [4.69, 9.17) is 9.15 Å². The summed E-state index contributed by atoms with van der Waals surface area (Å²) in [6, 6.07) is 6.60. The molecule has 2 aromatic rings. The van der Waals surface area contributed by atoms with E-state index >= 15 is 0 Å². The molecule has 1 aromatic carbocycles. The van der Waals surface area contributed by atoms with E-state index in [-0.39, 0.29) is 17.8 Å². The number of hydrogen-bond donors (Lipinski definition) is 2. The zero-order valence-corrected chi connectivity index (χ0v) is 17.2. The summed E-state index contributed by atoms with van der Waals surface area (Å²) in [5.41, 5.74) is 1.65. The molecule has 2 aliphatic rings.